The van der Waals surface area contributed by atoms with Crippen molar-refractivity contribution in [3.8, 4) is 0 Å². The molecule has 0 saturated carbocycles. The summed E-state index contributed by atoms with van der Waals surface area (Å²) in [4.78, 5) is 0. The molecule has 0 bridgehead atoms. The van der Waals surface area contributed by atoms with Crippen molar-refractivity contribution in [2.75, 3.05) is 0 Å². The van der Waals surface area contributed by atoms with Crippen molar-refractivity contribution in [2.24, 2.45) is 0 Å². The van der Waals surface area contributed by atoms with Crippen LogP contribution >= 0.6 is 0 Å². The second kappa shape index (κ2) is 7.43. The maximum atomic E-state index is 2.39. The lowest BCUT2D eigenvalue weighted by Gasteiger charge is -1.93. The van der Waals surface area contributed by atoms with E-state index in [1.165, 1.54) is 29.0 Å². The minimum atomic E-state index is 0.505. The highest BCUT2D eigenvalue weighted by Gasteiger charge is 1.84. The molecular formula is C6H17Si2. The molecule has 0 saturated heterocycles. The molecule has 0 spiro atoms. The SMILES string of the molecule is CC[CH]CCC[SiH2][SiH3]. The Balaban J connectivity index is 2.53. The lowest BCUT2D eigenvalue weighted by atomic mass is 10.2. The van der Waals surface area contributed by atoms with E-state index in [9.17, 15) is 0 Å². The zero-order chi connectivity index (χ0) is 6.24. The molecule has 49 valence electrons. The fourth-order valence-electron chi connectivity index (χ4n) is 0.743. The molecule has 0 atom stereocenters. The maximum absolute atomic E-state index is 2.39. The van der Waals surface area contributed by atoms with Crippen LogP contribution < -0.4 is 0 Å². The summed E-state index contributed by atoms with van der Waals surface area (Å²) in [5, 5.41) is 0. The van der Waals surface area contributed by atoms with Gasteiger partial charge in [-0.1, -0.05) is 32.2 Å². The second-order valence-corrected chi connectivity index (χ2v) is 6.90. The van der Waals surface area contributed by atoms with Gasteiger partial charge in [-0.3, -0.25) is 0 Å². The fourth-order valence-corrected chi connectivity index (χ4v) is 3.03. The quantitative estimate of drug-likeness (QED) is 0.384. The molecule has 0 aromatic heterocycles. The van der Waals surface area contributed by atoms with Crippen LogP contribution in [0.15, 0.2) is 0 Å². The molecule has 0 N–H and O–H groups in total. The average molecular weight is 145 g/mol. The monoisotopic (exact) mass is 145 g/mol. The lowest BCUT2D eigenvalue weighted by molar-refractivity contribution is 0.850. The van der Waals surface area contributed by atoms with E-state index in [0.29, 0.717) is 9.04 Å². The number of hydrogen-bond donors (Lipinski definition) is 0. The second-order valence-electron chi connectivity index (χ2n) is 2.19. The average Bonchev–Trinajstić information content (AvgIpc) is 1.81. The van der Waals surface area contributed by atoms with Gasteiger partial charge < -0.3 is 0 Å². The zero-order valence-corrected chi connectivity index (χ0v) is 9.53. The van der Waals surface area contributed by atoms with Crippen LogP contribution in [0, 0.1) is 6.42 Å². The van der Waals surface area contributed by atoms with Crippen molar-refractivity contribution < 1.29 is 0 Å². The molecule has 0 fully saturated rings. The summed E-state index contributed by atoms with van der Waals surface area (Å²) in [6.07, 6.45) is 6.53. The van der Waals surface area contributed by atoms with Crippen LogP contribution in [0.25, 0.3) is 0 Å². The van der Waals surface area contributed by atoms with Crippen LogP contribution in [-0.2, 0) is 0 Å². The van der Waals surface area contributed by atoms with Gasteiger partial charge in [-0.15, -0.1) is 0 Å². The van der Waals surface area contributed by atoms with Crippen LogP contribution in [0.5, 0.6) is 0 Å². The van der Waals surface area contributed by atoms with Gasteiger partial charge in [-0.2, -0.15) is 0 Å². The molecule has 0 amide bonds. The maximum Gasteiger partial charge on any atom is 0.00412 e. The van der Waals surface area contributed by atoms with E-state index in [4.69, 9.17) is 0 Å². The molecule has 0 aromatic carbocycles. The van der Waals surface area contributed by atoms with Crippen molar-refractivity contribution in [1.29, 1.82) is 0 Å². The Hall–Kier alpha value is 0.434. The van der Waals surface area contributed by atoms with Gasteiger partial charge in [0.1, 0.15) is 0 Å². The van der Waals surface area contributed by atoms with Gasteiger partial charge in [-0.05, 0) is 16.2 Å². The predicted octanol–water partition coefficient (Wildman–Crippen LogP) is 0.248. The Morgan fingerprint density at radius 1 is 1.62 bits per heavy atom. The van der Waals surface area contributed by atoms with E-state index >= 15 is 0 Å². The van der Waals surface area contributed by atoms with Crippen molar-refractivity contribution in [3.63, 3.8) is 0 Å². The Kier molecular flexibility index (Phi) is 7.84. The van der Waals surface area contributed by atoms with Crippen LogP contribution in [0.3, 0.4) is 0 Å². The molecule has 0 nitrogen and oxygen atoms in total. The molecule has 0 unspecified atom stereocenters. The van der Waals surface area contributed by atoms with Crippen LogP contribution in [-0.4, -0.2) is 18.8 Å². The van der Waals surface area contributed by atoms with Gasteiger partial charge >= 0.3 is 0 Å². The normalized spacial score (nSPS) is 11.6. The molecule has 0 aliphatic heterocycles. The van der Waals surface area contributed by atoms with Gasteiger partial charge in [0.15, 0.2) is 0 Å². The van der Waals surface area contributed by atoms with Gasteiger partial charge in [0.25, 0.3) is 0 Å². The Morgan fingerprint density at radius 3 is 2.88 bits per heavy atom. The lowest BCUT2D eigenvalue weighted by Crippen LogP contribution is -1.86. The Bertz CT molecular complexity index is 31.5. The molecule has 8 heavy (non-hydrogen) atoms. The first-order valence-corrected chi connectivity index (χ1v) is 10.4. The molecule has 0 rings (SSSR count). The molecule has 0 aliphatic carbocycles. The van der Waals surface area contributed by atoms with Gasteiger partial charge in [-0.25, -0.2) is 0 Å². The largest absolute Gasteiger partial charge is 0.0655 e. The molecule has 0 heterocycles. The minimum Gasteiger partial charge on any atom is -0.0655 e. The first-order chi connectivity index (χ1) is 3.91. The summed E-state index contributed by atoms with van der Waals surface area (Å²) < 4.78 is 0. The topological polar surface area (TPSA) is 0 Å². The third-order valence-corrected chi connectivity index (χ3v) is 4.63. The first kappa shape index (κ1) is 8.43. The van der Waals surface area contributed by atoms with Crippen molar-refractivity contribution in [3.05, 3.63) is 6.42 Å². The summed E-state index contributed by atoms with van der Waals surface area (Å²) >= 11 is 0. The van der Waals surface area contributed by atoms with Gasteiger partial charge in [0.05, 0.1) is 0 Å². The molecular weight excluding hydrogens is 128 g/mol. The smallest absolute Gasteiger partial charge is 0.00412 e. The van der Waals surface area contributed by atoms with Crippen molar-refractivity contribution >= 4 is 18.8 Å². The summed E-state index contributed by atoms with van der Waals surface area (Å²) in [6.45, 7) is 2.22. The summed E-state index contributed by atoms with van der Waals surface area (Å²) in [7, 11) is 2.04. The van der Waals surface area contributed by atoms with E-state index in [-0.39, 0.29) is 0 Å². The molecule has 2 heteroatoms. The third-order valence-electron chi connectivity index (χ3n) is 1.30. The highest BCUT2D eigenvalue weighted by Crippen LogP contribution is 1.99. The number of hydrogen-bond acceptors (Lipinski definition) is 0. The number of unbranched alkanes of at least 4 members (excludes halogenated alkanes) is 3. The predicted molar refractivity (Wildman–Crippen MR) is 47.1 cm³/mol. The minimum absolute atomic E-state index is 0.505. The Labute approximate surface area is 58.1 Å². The first-order valence-electron chi connectivity index (χ1n) is 3.73. The van der Waals surface area contributed by atoms with E-state index in [2.05, 4.69) is 13.3 Å². The van der Waals surface area contributed by atoms with Crippen molar-refractivity contribution in [1.82, 2.24) is 0 Å². The van der Waals surface area contributed by atoms with Crippen LogP contribution in [0.4, 0.5) is 0 Å². The summed E-state index contributed by atoms with van der Waals surface area (Å²) in [6, 6.07) is 1.60. The Morgan fingerprint density at radius 2 is 2.38 bits per heavy atom. The van der Waals surface area contributed by atoms with E-state index < -0.39 is 0 Å². The van der Waals surface area contributed by atoms with E-state index in [0.717, 1.165) is 0 Å². The van der Waals surface area contributed by atoms with Crippen LogP contribution in [0.1, 0.15) is 26.2 Å². The van der Waals surface area contributed by atoms with Gasteiger partial charge in [0, 0.05) is 9.04 Å². The molecule has 0 aromatic rings. The highest BCUT2D eigenvalue weighted by atomic mass is 29.1. The zero-order valence-electron chi connectivity index (χ0n) is 6.11. The summed E-state index contributed by atoms with van der Waals surface area (Å²) in [5.41, 5.74) is 0. The molecule has 0 aliphatic rings. The third kappa shape index (κ3) is 6.43. The van der Waals surface area contributed by atoms with E-state index in [1.54, 1.807) is 6.04 Å². The standard InChI is InChI=1S/C6H17Si2/c1-2-3-4-5-6-8-7/h3H,2,4-6,8H2,1,7H3. The fraction of sp³-hybridized carbons (Fsp3) is 0.833. The summed E-state index contributed by atoms with van der Waals surface area (Å²) in [5.74, 6) is 0. The highest BCUT2D eigenvalue weighted by molar-refractivity contribution is 6.89. The van der Waals surface area contributed by atoms with Crippen molar-refractivity contribution in [2.45, 2.75) is 32.2 Å². The van der Waals surface area contributed by atoms with Crippen LogP contribution in [0.2, 0.25) is 6.04 Å². The van der Waals surface area contributed by atoms with Gasteiger partial charge in [0.2, 0.25) is 0 Å². The number of rotatable bonds is 5. The van der Waals surface area contributed by atoms with E-state index in [1.807, 2.05) is 0 Å². The molecule has 1 radical (unpaired) electrons.